The number of rotatable bonds is 9. The van der Waals surface area contributed by atoms with Gasteiger partial charge in [-0.3, -0.25) is 44.2 Å². The van der Waals surface area contributed by atoms with Gasteiger partial charge in [-0.2, -0.15) is 9.59 Å². The van der Waals surface area contributed by atoms with Gasteiger partial charge >= 0.3 is 6.15 Å². The SMILES string of the molecule is Cc1cc2cc([N+](=O)[O-])cnc2[nH]1.NC(=O)c1cc2cc(CC(=O)c3cccc(F)c3)cnc2[nH]1.NC(=O)c1cc2cc(N)cnc2[nH]1.NC(=O)c1cc2cc([N+](=O)[O-])cnc2[nH]1.O=C(Cl)c1cccc(F)c1.O=C=O. The highest BCUT2D eigenvalue weighted by Crippen LogP contribution is 2.21. The van der Waals surface area contributed by atoms with Crippen molar-refractivity contribution in [3.63, 3.8) is 0 Å². The minimum absolute atomic E-state index is 0.0199. The third-order valence-corrected chi connectivity index (χ3v) is 10.1. The van der Waals surface area contributed by atoms with Gasteiger partial charge in [0.25, 0.3) is 34.3 Å². The first-order valence-corrected chi connectivity index (χ1v) is 21.5. The third-order valence-electron chi connectivity index (χ3n) is 9.84. The molecule has 0 aliphatic heterocycles. The molecule has 10 rings (SSSR count). The van der Waals surface area contributed by atoms with E-state index in [0.29, 0.717) is 55.9 Å². The van der Waals surface area contributed by atoms with Gasteiger partial charge in [0.1, 0.15) is 63.7 Å². The second kappa shape index (κ2) is 25.5. The van der Waals surface area contributed by atoms with Crippen LogP contribution in [0.25, 0.3) is 44.1 Å². The van der Waals surface area contributed by atoms with E-state index in [1.807, 2.05) is 13.0 Å². The number of fused-ring (bicyclic) bond motifs is 4. The van der Waals surface area contributed by atoms with Crippen molar-refractivity contribution in [3.8, 4) is 0 Å². The van der Waals surface area contributed by atoms with Crippen molar-refractivity contribution in [1.29, 1.82) is 0 Å². The standard InChI is InChI=1S/C16H12FN3O2.C8H6N4O3.C8H8N4O.C8H7N3O2.C7H4ClFO.CO2/c17-12-3-1-2-10(6-12)14(21)5-9-4-11-7-13(15(18)22)20-16(11)19-8-9;9-7(13)6-2-4-1-5(12(14)15)3-10-8(4)11-6;9-5-1-4-2-6(7(10)13)12-8(4)11-3-5;1-5-2-6-3-7(11(12)13)4-9-8(6)10-5;8-7(10)5-2-1-3-6(9)4-5;2-1-3/h1-4,6-8H,5H2,(H2,18,22)(H,19,20);1-3H,(H2,9,13)(H,10,11);1-3H,9H2,(H2,10,13)(H,11,12);2-4H,1H3,(H,9,10);1-4H;. The number of aromatic amines is 4. The van der Waals surface area contributed by atoms with Gasteiger partial charge in [0, 0.05) is 63.1 Å². The number of ketones is 1. The lowest BCUT2D eigenvalue weighted by Crippen LogP contribution is -2.10. The van der Waals surface area contributed by atoms with E-state index in [4.69, 9.17) is 44.1 Å². The average molecular weight is 1060 g/mol. The van der Waals surface area contributed by atoms with Gasteiger partial charge in [-0.15, -0.1) is 0 Å². The first kappa shape index (κ1) is 56.0. The Balaban J connectivity index is 0.000000177. The minimum Gasteiger partial charge on any atom is -0.397 e. The predicted molar refractivity (Wildman–Crippen MR) is 268 cm³/mol. The highest BCUT2D eigenvalue weighted by molar-refractivity contribution is 6.67. The lowest BCUT2D eigenvalue weighted by atomic mass is 10.0. The van der Waals surface area contributed by atoms with Crippen LogP contribution in [0, 0.1) is 38.8 Å². The fourth-order valence-electron chi connectivity index (χ4n) is 6.49. The van der Waals surface area contributed by atoms with Crippen LogP contribution in [0.5, 0.6) is 0 Å². The summed E-state index contributed by atoms with van der Waals surface area (Å²) in [5.74, 6) is -2.81. The van der Waals surface area contributed by atoms with Gasteiger partial charge in [0.05, 0.1) is 21.7 Å². The summed E-state index contributed by atoms with van der Waals surface area (Å²) in [4.78, 5) is 118. The third kappa shape index (κ3) is 15.5. The monoisotopic (exact) mass is 1060 g/mol. The normalized spacial score (nSPS) is 10.1. The van der Waals surface area contributed by atoms with Crippen molar-refractivity contribution >= 4 is 108 Å². The quantitative estimate of drug-likeness (QED) is 0.0333. The van der Waals surface area contributed by atoms with E-state index in [-0.39, 0.29) is 46.7 Å². The number of amides is 3. The van der Waals surface area contributed by atoms with Crippen LogP contribution in [0.1, 0.15) is 63.4 Å². The number of halogens is 3. The second-order valence-electron chi connectivity index (χ2n) is 15.3. The van der Waals surface area contributed by atoms with Crippen molar-refractivity contribution in [2.75, 3.05) is 5.73 Å². The molecule has 3 amide bonds. The van der Waals surface area contributed by atoms with Crippen LogP contribution in [0.4, 0.5) is 25.8 Å². The molecule has 8 aromatic heterocycles. The van der Waals surface area contributed by atoms with Crippen LogP contribution >= 0.6 is 11.6 Å². The highest BCUT2D eigenvalue weighted by atomic mass is 35.5. The van der Waals surface area contributed by atoms with Crippen LogP contribution in [0.3, 0.4) is 0 Å². The van der Waals surface area contributed by atoms with Crippen LogP contribution in [0.2, 0.25) is 0 Å². The van der Waals surface area contributed by atoms with Crippen LogP contribution in [-0.2, 0) is 16.0 Å². The molecular weight excluding hydrogens is 1020 g/mol. The molecule has 0 spiro atoms. The lowest BCUT2D eigenvalue weighted by molar-refractivity contribution is -0.385. The number of hydrogen-bond donors (Lipinski definition) is 8. The number of benzene rings is 2. The molecule has 10 aromatic rings. The molecule has 386 valence electrons. The molecule has 0 saturated heterocycles. The summed E-state index contributed by atoms with van der Waals surface area (Å²) in [6.45, 7) is 1.88. The van der Waals surface area contributed by atoms with E-state index >= 15 is 0 Å². The number of aryl methyl sites for hydroxylation is 1. The maximum Gasteiger partial charge on any atom is 0.373 e. The number of nitrogens with two attached hydrogens (primary N) is 4. The van der Waals surface area contributed by atoms with E-state index in [1.54, 1.807) is 36.5 Å². The molecule has 0 atom stereocenters. The highest BCUT2D eigenvalue weighted by Gasteiger charge is 2.14. The molecule has 8 heterocycles. The van der Waals surface area contributed by atoms with Gasteiger partial charge in [0.2, 0.25) is 0 Å². The summed E-state index contributed by atoms with van der Waals surface area (Å²) in [6.07, 6.45) is 5.77. The van der Waals surface area contributed by atoms with Crippen molar-refractivity contribution in [3.05, 3.63) is 193 Å². The largest absolute Gasteiger partial charge is 0.397 e. The summed E-state index contributed by atoms with van der Waals surface area (Å²) in [5.41, 5.74) is 26.4. The van der Waals surface area contributed by atoms with Crippen LogP contribution in [0.15, 0.2) is 122 Å². The smallest absolute Gasteiger partial charge is 0.373 e. The van der Waals surface area contributed by atoms with E-state index in [2.05, 4.69) is 39.9 Å². The number of hydrogen-bond acceptors (Lipinski definition) is 16. The fourth-order valence-corrected chi connectivity index (χ4v) is 6.61. The molecule has 0 aliphatic carbocycles. The van der Waals surface area contributed by atoms with Gasteiger partial charge in [0.15, 0.2) is 5.78 Å². The molecule has 0 fully saturated rings. The van der Waals surface area contributed by atoms with Gasteiger partial charge in [-0.05, 0) is 90.8 Å². The molecule has 0 unspecified atom stereocenters. The van der Waals surface area contributed by atoms with Gasteiger partial charge in [-0.25, -0.2) is 28.7 Å². The Bertz CT molecular complexity index is 3840. The topological polar surface area (TPSA) is 425 Å². The summed E-state index contributed by atoms with van der Waals surface area (Å²) >= 11 is 5.07. The number of carbonyl (C=O) groups excluding carboxylic acids is 7. The summed E-state index contributed by atoms with van der Waals surface area (Å²) in [5, 5.41) is 22.9. The van der Waals surface area contributed by atoms with E-state index in [0.717, 1.165) is 28.7 Å². The number of nitro groups is 2. The Morgan fingerprint density at radius 3 is 1.41 bits per heavy atom. The van der Waals surface area contributed by atoms with E-state index in [9.17, 15) is 53.0 Å². The Kier molecular flexibility index (Phi) is 18.8. The van der Waals surface area contributed by atoms with E-state index in [1.165, 1.54) is 67.0 Å². The molecule has 0 saturated carbocycles. The van der Waals surface area contributed by atoms with Crippen molar-refractivity contribution in [1.82, 2.24) is 39.9 Å². The van der Waals surface area contributed by atoms with Crippen molar-refractivity contribution < 1.29 is 52.2 Å². The minimum atomic E-state index is -0.639. The molecule has 76 heavy (non-hydrogen) atoms. The molecule has 28 heteroatoms. The van der Waals surface area contributed by atoms with Gasteiger partial charge in [-0.1, -0.05) is 18.2 Å². The summed E-state index contributed by atoms with van der Waals surface area (Å²) in [6, 6.07) is 23.6. The first-order chi connectivity index (χ1) is 36.0. The number of Topliss-reactive ketones (excluding diaryl/α,β-unsaturated/α-hetero) is 1. The molecule has 0 bridgehead atoms. The number of nitrogens with one attached hydrogen (secondary N) is 4. The fraction of sp³-hybridized carbons (Fsp3) is 0.0417. The average Bonchev–Trinajstić information content (AvgIpc) is 4.19. The zero-order valence-corrected chi connectivity index (χ0v) is 39.6. The summed E-state index contributed by atoms with van der Waals surface area (Å²) in [7, 11) is 0. The Morgan fingerprint density at radius 2 is 0.974 bits per heavy atom. The number of nitrogens with zero attached hydrogens (tertiary/aromatic N) is 6. The number of carbonyl (C=O) groups is 5. The van der Waals surface area contributed by atoms with Crippen LogP contribution < -0.4 is 22.9 Å². The number of primary amides is 3. The molecule has 12 N–H and O–H groups in total. The van der Waals surface area contributed by atoms with Gasteiger partial charge < -0.3 is 42.9 Å². The number of anilines is 1. The molecule has 25 nitrogen and oxygen atoms in total. The Labute approximate surface area is 428 Å². The van der Waals surface area contributed by atoms with Crippen molar-refractivity contribution in [2.24, 2.45) is 17.2 Å². The van der Waals surface area contributed by atoms with E-state index < -0.39 is 44.4 Å². The number of pyridine rings is 4. The molecular formula is C48H37ClF2N14O11. The number of nitrogen functional groups attached to an aromatic ring is 1. The zero-order chi connectivity index (χ0) is 55.8. The first-order valence-electron chi connectivity index (χ1n) is 21.1. The maximum absolute atomic E-state index is 13.1. The molecule has 0 radical (unpaired) electrons. The van der Waals surface area contributed by atoms with Crippen LogP contribution in [-0.4, -0.2) is 84.6 Å². The maximum atomic E-state index is 13.1. The lowest BCUT2D eigenvalue weighted by Gasteiger charge is -2.02. The molecule has 2 aromatic carbocycles. The summed E-state index contributed by atoms with van der Waals surface area (Å²) < 4.78 is 25.5. The second-order valence-corrected chi connectivity index (χ2v) is 15.7. The zero-order valence-electron chi connectivity index (χ0n) is 38.9. The molecule has 0 aliphatic rings. The van der Waals surface area contributed by atoms with Crippen molar-refractivity contribution in [2.45, 2.75) is 13.3 Å². The predicted octanol–water partition coefficient (Wildman–Crippen LogP) is 6.44. The number of H-pyrrole nitrogens is 4. The Morgan fingerprint density at radius 1 is 0.579 bits per heavy atom. The Hall–Kier alpha value is -10.9. The number of aromatic nitrogens is 8.